The van der Waals surface area contributed by atoms with Crippen LogP contribution in [0.1, 0.15) is 112 Å². The van der Waals surface area contributed by atoms with Crippen molar-refractivity contribution in [3.63, 3.8) is 0 Å². The highest BCUT2D eigenvalue weighted by Crippen LogP contribution is 2.55. The van der Waals surface area contributed by atoms with Gasteiger partial charge in [-0.05, 0) is 91.9 Å². The Bertz CT molecular complexity index is 1400. The molecule has 0 radical (unpaired) electrons. The number of nitrogens with one attached hydrogen (secondary N) is 1. The number of benzene rings is 2. The van der Waals surface area contributed by atoms with E-state index in [0.717, 1.165) is 73.0 Å². The first-order valence-electron chi connectivity index (χ1n) is 19.7. The van der Waals surface area contributed by atoms with Crippen LogP contribution in [-0.4, -0.2) is 66.9 Å². The molecule has 8 heteroatoms. The third kappa shape index (κ3) is 10.1. The number of hydrogen-bond donors (Lipinski definition) is 1. The number of piperazine rings is 1. The molecular weight excluding hydrogens is 626 g/mol. The van der Waals surface area contributed by atoms with Gasteiger partial charge in [-0.3, -0.25) is 14.5 Å². The maximum absolute atomic E-state index is 13.0. The number of amides is 2. The molecule has 5 atom stereocenters. The highest BCUT2D eigenvalue weighted by atomic mass is 16.5. The van der Waals surface area contributed by atoms with Crippen molar-refractivity contribution in [2.75, 3.05) is 39.3 Å². The van der Waals surface area contributed by atoms with Crippen LogP contribution in [0.5, 0.6) is 5.75 Å². The lowest BCUT2D eigenvalue weighted by Crippen LogP contribution is -2.51. The van der Waals surface area contributed by atoms with Gasteiger partial charge in [-0.2, -0.15) is 0 Å². The van der Waals surface area contributed by atoms with Gasteiger partial charge in [0.25, 0.3) is 0 Å². The van der Waals surface area contributed by atoms with Crippen LogP contribution in [0.3, 0.4) is 0 Å². The molecule has 4 fully saturated rings. The third-order valence-corrected chi connectivity index (χ3v) is 12.0. The fourth-order valence-corrected chi connectivity index (χ4v) is 9.31. The van der Waals surface area contributed by atoms with Crippen molar-refractivity contribution in [2.24, 2.45) is 29.6 Å². The van der Waals surface area contributed by atoms with Gasteiger partial charge in [0.05, 0.1) is 18.7 Å². The van der Waals surface area contributed by atoms with Gasteiger partial charge in [-0.1, -0.05) is 75.8 Å². The number of hydrogen-bond acceptors (Lipinski definition) is 6. The summed E-state index contributed by atoms with van der Waals surface area (Å²) in [5.74, 6) is 4.46. The van der Waals surface area contributed by atoms with E-state index in [0.29, 0.717) is 44.2 Å². The van der Waals surface area contributed by atoms with Gasteiger partial charge in [-0.25, -0.2) is 4.79 Å². The number of nitrogens with zero attached hydrogens (tertiary/aromatic N) is 2. The number of ether oxygens (including phenoxy) is 2. The van der Waals surface area contributed by atoms with Crippen molar-refractivity contribution in [3.8, 4) is 5.75 Å². The Morgan fingerprint density at radius 1 is 0.820 bits per heavy atom. The second-order valence-corrected chi connectivity index (χ2v) is 15.6. The summed E-state index contributed by atoms with van der Waals surface area (Å²) in [5.41, 5.74) is 2.66. The average Bonchev–Trinajstić information content (AvgIpc) is 3.13. The number of carbonyl (C=O) groups is 3. The molecule has 1 saturated heterocycles. The Balaban J connectivity index is 0.883. The SMILES string of the molecule is CCCCCCCCOC(=O)c1ccc(COc2ccccc2CN2CCN(C(=O)CNC(=O)CC3CC4CC5CCC3C(C5)C4)CC2)cc1. The van der Waals surface area contributed by atoms with E-state index >= 15 is 0 Å². The lowest BCUT2D eigenvalue weighted by molar-refractivity contribution is -0.135. The molecule has 272 valence electrons. The highest BCUT2D eigenvalue weighted by molar-refractivity contribution is 5.89. The third-order valence-electron chi connectivity index (χ3n) is 12.0. The van der Waals surface area contributed by atoms with Gasteiger partial charge in [0, 0.05) is 44.7 Å². The molecule has 2 amide bonds. The zero-order chi connectivity index (χ0) is 34.7. The maximum Gasteiger partial charge on any atom is 0.338 e. The Morgan fingerprint density at radius 3 is 2.40 bits per heavy atom. The molecule has 1 aliphatic heterocycles. The van der Waals surface area contributed by atoms with Crippen LogP contribution in [0.2, 0.25) is 0 Å². The Kier molecular flexibility index (Phi) is 13.3. The zero-order valence-corrected chi connectivity index (χ0v) is 30.3. The molecule has 6 rings (SSSR count). The summed E-state index contributed by atoms with van der Waals surface area (Å²) in [6, 6.07) is 15.6. The molecule has 3 bridgehead atoms. The van der Waals surface area contributed by atoms with E-state index in [1.165, 1.54) is 64.2 Å². The Labute approximate surface area is 299 Å². The molecule has 50 heavy (non-hydrogen) atoms. The molecular formula is C42H59N3O5. The molecule has 3 saturated carbocycles. The van der Waals surface area contributed by atoms with E-state index in [1.54, 1.807) is 0 Å². The van der Waals surface area contributed by atoms with Crippen molar-refractivity contribution in [3.05, 3.63) is 65.2 Å². The quantitative estimate of drug-likeness (QED) is 0.138. The lowest BCUT2D eigenvalue weighted by Gasteiger charge is -2.52. The average molecular weight is 686 g/mol. The summed E-state index contributed by atoms with van der Waals surface area (Å²) >= 11 is 0. The Hall–Kier alpha value is -3.39. The van der Waals surface area contributed by atoms with Gasteiger partial charge >= 0.3 is 5.97 Å². The number of esters is 1. The van der Waals surface area contributed by atoms with Gasteiger partial charge in [0.1, 0.15) is 12.4 Å². The largest absolute Gasteiger partial charge is 0.489 e. The van der Waals surface area contributed by atoms with Crippen LogP contribution >= 0.6 is 0 Å². The van der Waals surface area contributed by atoms with Crippen LogP contribution in [0.25, 0.3) is 0 Å². The maximum atomic E-state index is 13.0. The topological polar surface area (TPSA) is 88.2 Å². The normalized spacial score (nSPS) is 24.5. The van der Waals surface area contributed by atoms with Gasteiger partial charge in [0.2, 0.25) is 11.8 Å². The van der Waals surface area contributed by atoms with E-state index in [4.69, 9.17) is 9.47 Å². The summed E-state index contributed by atoms with van der Waals surface area (Å²) < 4.78 is 11.7. The van der Waals surface area contributed by atoms with E-state index in [2.05, 4.69) is 23.2 Å². The van der Waals surface area contributed by atoms with E-state index in [-0.39, 0.29) is 24.3 Å². The minimum atomic E-state index is -0.272. The molecule has 4 aliphatic rings. The first-order chi connectivity index (χ1) is 24.4. The highest BCUT2D eigenvalue weighted by Gasteiger charge is 2.45. The molecule has 1 N–H and O–H groups in total. The number of rotatable bonds is 17. The van der Waals surface area contributed by atoms with Crippen LogP contribution in [0.4, 0.5) is 0 Å². The lowest BCUT2D eigenvalue weighted by atomic mass is 9.54. The molecule has 1 heterocycles. The van der Waals surface area contributed by atoms with Crippen molar-refractivity contribution in [1.82, 2.24) is 15.1 Å². The summed E-state index contributed by atoms with van der Waals surface area (Å²) in [6.07, 6.45) is 15.6. The summed E-state index contributed by atoms with van der Waals surface area (Å²) in [7, 11) is 0. The first kappa shape index (κ1) is 36.4. The van der Waals surface area contributed by atoms with Crippen molar-refractivity contribution >= 4 is 17.8 Å². The van der Waals surface area contributed by atoms with E-state index < -0.39 is 0 Å². The van der Waals surface area contributed by atoms with Crippen LogP contribution in [0.15, 0.2) is 48.5 Å². The number of fused-ring (bicyclic) bond motifs is 2. The van der Waals surface area contributed by atoms with Crippen LogP contribution in [-0.2, 0) is 27.5 Å². The number of para-hydroxylation sites is 1. The second-order valence-electron chi connectivity index (χ2n) is 15.6. The van der Waals surface area contributed by atoms with Gasteiger partial charge < -0.3 is 19.7 Å². The van der Waals surface area contributed by atoms with Gasteiger partial charge in [-0.15, -0.1) is 0 Å². The predicted octanol–water partition coefficient (Wildman–Crippen LogP) is 7.40. The second kappa shape index (κ2) is 18.2. The molecule has 0 aromatic heterocycles. The molecule has 2 aromatic rings. The van der Waals surface area contributed by atoms with Crippen LogP contribution < -0.4 is 10.1 Å². The van der Waals surface area contributed by atoms with E-state index in [1.807, 2.05) is 47.4 Å². The zero-order valence-electron chi connectivity index (χ0n) is 30.3. The monoisotopic (exact) mass is 685 g/mol. The standard InChI is InChI=1S/C42H59N3O5/c1-2-3-4-5-6-9-22-49-42(48)34-15-12-31(13-16-34)30-50-39-11-8-7-10-35(39)29-44-18-20-45(21-19-44)41(47)28-43-40(46)27-37-26-33-23-32-14-17-38(37)36(24-32)25-33/h7-8,10-13,15-16,32-33,36-38H,2-6,9,14,17-30H2,1H3,(H,43,46). The molecule has 3 aliphatic carbocycles. The minimum Gasteiger partial charge on any atom is -0.489 e. The fraction of sp³-hybridized carbons (Fsp3) is 0.643. The molecule has 8 nitrogen and oxygen atoms in total. The minimum absolute atomic E-state index is 0.0137. The van der Waals surface area contributed by atoms with Crippen LogP contribution in [0, 0.1) is 29.6 Å². The van der Waals surface area contributed by atoms with Crippen molar-refractivity contribution in [1.29, 1.82) is 0 Å². The smallest absolute Gasteiger partial charge is 0.338 e. The van der Waals surface area contributed by atoms with Crippen molar-refractivity contribution < 1.29 is 23.9 Å². The Morgan fingerprint density at radius 2 is 1.58 bits per heavy atom. The fourth-order valence-electron chi connectivity index (χ4n) is 9.31. The number of carbonyl (C=O) groups excluding carboxylic acids is 3. The summed E-state index contributed by atoms with van der Waals surface area (Å²) in [4.78, 5) is 42.6. The van der Waals surface area contributed by atoms with Crippen molar-refractivity contribution in [2.45, 2.75) is 104 Å². The summed E-state index contributed by atoms with van der Waals surface area (Å²) in [6.45, 7) is 6.78. The molecule has 0 spiro atoms. The number of unbranched alkanes of at least 4 members (excludes halogenated alkanes) is 5. The first-order valence-corrected chi connectivity index (χ1v) is 19.7. The summed E-state index contributed by atoms with van der Waals surface area (Å²) in [5, 5.41) is 2.98. The molecule has 2 aromatic carbocycles. The van der Waals surface area contributed by atoms with Gasteiger partial charge in [0.15, 0.2) is 0 Å². The molecule has 5 unspecified atom stereocenters. The van der Waals surface area contributed by atoms with E-state index in [9.17, 15) is 14.4 Å². The predicted molar refractivity (Wildman–Crippen MR) is 196 cm³/mol.